The number of aromatic amines is 1. The molecule has 0 bridgehead atoms. The smallest absolute Gasteiger partial charge is 0.264 e. The molecule has 0 unspecified atom stereocenters. The third-order valence-corrected chi connectivity index (χ3v) is 2.19. The van der Waals surface area contributed by atoms with Crippen LogP contribution >= 0.6 is 0 Å². The number of piperidine rings is 1. The number of nitrogens with one attached hydrogen (secondary N) is 2. The molecule has 1 aromatic heterocycles. The molecule has 1 aromatic rings. The van der Waals surface area contributed by atoms with Crippen LogP contribution in [0.5, 0.6) is 5.88 Å². The lowest BCUT2D eigenvalue weighted by atomic mass is 10.1. The summed E-state index contributed by atoms with van der Waals surface area (Å²) in [7, 11) is 0. The standard InChI is InChI=1S/C9H13N3O2/c13-8-3-4-9(12-11-8)14-7-2-1-5-10-6-7/h3-4,7,10H,1-2,5-6H2,(H,11,13)/t7-/m1/s1. The third kappa shape index (κ3) is 2.32. The number of ether oxygens (including phenoxy) is 1. The van der Waals surface area contributed by atoms with E-state index >= 15 is 0 Å². The molecule has 76 valence electrons. The first-order valence-electron chi connectivity index (χ1n) is 4.78. The van der Waals surface area contributed by atoms with Crippen LogP contribution in [-0.2, 0) is 0 Å². The van der Waals surface area contributed by atoms with Gasteiger partial charge in [0.05, 0.1) is 0 Å². The maximum atomic E-state index is 10.7. The molecule has 1 aliphatic rings. The van der Waals surface area contributed by atoms with Crippen molar-refractivity contribution in [3.05, 3.63) is 22.5 Å². The van der Waals surface area contributed by atoms with Gasteiger partial charge in [-0.15, -0.1) is 5.10 Å². The Morgan fingerprint density at radius 2 is 2.43 bits per heavy atom. The zero-order valence-corrected chi connectivity index (χ0v) is 7.82. The molecule has 1 atom stereocenters. The van der Waals surface area contributed by atoms with Crippen molar-refractivity contribution in [3.8, 4) is 5.88 Å². The fourth-order valence-corrected chi connectivity index (χ4v) is 1.49. The average molecular weight is 195 g/mol. The molecule has 2 N–H and O–H groups in total. The third-order valence-electron chi connectivity index (χ3n) is 2.19. The number of nitrogens with zero attached hydrogens (tertiary/aromatic N) is 1. The highest BCUT2D eigenvalue weighted by Gasteiger charge is 2.14. The molecule has 2 rings (SSSR count). The normalized spacial score (nSPS) is 21.9. The number of H-pyrrole nitrogens is 1. The minimum absolute atomic E-state index is 0.169. The number of rotatable bonds is 2. The molecule has 0 radical (unpaired) electrons. The summed E-state index contributed by atoms with van der Waals surface area (Å²) in [6.07, 6.45) is 2.32. The van der Waals surface area contributed by atoms with Gasteiger partial charge in [0.1, 0.15) is 6.10 Å². The largest absolute Gasteiger partial charge is 0.472 e. The summed E-state index contributed by atoms with van der Waals surface area (Å²) in [5.74, 6) is 0.485. The van der Waals surface area contributed by atoms with Crippen LogP contribution in [0.4, 0.5) is 0 Å². The van der Waals surface area contributed by atoms with E-state index in [0.29, 0.717) is 5.88 Å². The highest BCUT2D eigenvalue weighted by atomic mass is 16.5. The van der Waals surface area contributed by atoms with Crippen molar-refractivity contribution in [2.24, 2.45) is 0 Å². The molecule has 14 heavy (non-hydrogen) atoms. The Bertz CT molecular complexity index is 324. The molecule has 5 nitrogen and oxygen atoms in total. The van der Waals surface area contributed by atoms with Crippen LogP contribution in [0.25, 0.3) is 0 Å². The van der Waals surface area contributed by atoms with Gasteiger partial charge < -0.3 is 10.1 Å². The summed E-state index contributed by atoms with van der Waals surface area (Å²) in [4.78, 5) is 10.7. The van der Waals surface area contributed by atoms with Gasteiger partial charge in [0.2, 0.25) is 5.88 Å². The lowest BCUT2D eigenvalue weighted by Crippen LogP contribution is -2.37. The van der Waals surface area contributed by atoms with Gasteiger partial charge in [-0.1, -0.05) is 0 Å². The molecule has 0 aromatic carbocycles. The second kappa shape index (κ2) is 4.23. The molecule has 2 heterocycles. The summed E-state index contributed by atoms with van der Waals surface area (Å²) in [6, 6.07) is 3.01. The summed E-state index contributed by atoms with van der Waals surface area (Å²) < 4.78 is 5.57. The van der Waals surface area contributed by atoms with Gasteiger partial charge in [0.25, 0.3) is 5.56 Å². The first kappa shape index (κ1) is 9.21. The minimum Gasteiger partial charge on any atom is -0.472 e. The summed E-state index contributed by atoms with van der Waals surface area (Å²) in [6.45, 7) is 1.90. The molecule has 0 amide bonds. The van der Waals surface area contributed by atoms with E-state index in [0.717, 1.165) is 25.9 Å². The monoisotopic (exact) mass is 195 g/mol. The van der Waals surface area contributed by atoms with E-state index in [-0.39, 0.29) is 11.7 Å². The van der Waals surface area contributed by atoms with Gasteiger partial charge >= 0.3 is 0 Å². The Morgan fingerprint density at radius 1 is 1.50 bits per heavy atom. The zero-order valence-electron chi connectivity index (χ0n) is 7.82. The number of aromatic nitrogens is 2. The van der Waals surface area contributed by atoms with Gasteiger partial charge in [0.15, 0.2) is 0 Å². The van der Waals surface area contributed by atoms with Crippen LogP contribution in [0.3, 0.4) is 0 Å². The van der Waals surface area contributed by atoms with E-state index in [1.807, 2.05) is 0 Å². The highest BCUT2D eigenvalue weighted by molar-refractivity contribution is 5.06. The lowest BCUT2D eigenvalue weighted by Gasteiger charge is -2.22. The fourth-order valence-electron chi connectivity index (χ4n) is 1.49. The predicted molar refractivity (Wildman–Crippen MR) is 51.4 cm³/mol. The summed E-state index contributed by atoms with van der Waals surface area (Å²) in [5, 5.41) is 9.37. The molecule has 5 heteroatoms. The average Bonchev–Trinajstić information content (AvgIpc) is 2.23. The Labute approximate surface area is 81.5 Å². The molecular formula is C9H13N3O2. The number of hydrogen-bond donors (Lipinski definition) is 2. The van der Waals surface area contributed by atoms with E-state index in [1.54, 1.807) is 6.07 Å². The van der Waals surface area contributed by atoms with Crippen LogP contribution in [0.15, 0.2) is 16.9 Å². The van der Waals surface area contributed by atoms with Gasteiger partial charge in [-0.25, -0.2) is 5.10 Å². The van der Waals surface area contributed by atoms with Crippen LogP contribution in [-0.4, -0.2) is 29.4 Å². The van der Waals surface area contributed by atoms with E-state index < -0.39 is 0 Å². The topological polar surface area (TPSA) is 67.0 Å². The SMILES string of the molecule is O=c1ccc(O[C@@H]2CCCNC2)n[nH]1. The van der Waals surface area contributed by atoms with Crippen LogP contribution < -0.4 is 15.6 Å². The van der Waals surface area contributed by atoms with Crippen molar-refractivity contribution in [3.63, 3.8) is 0 Å². The lowest BCUT2D eigenvalue weighted by molar-refractivity contribution is 0.158. The molecule has 0 spiro atoms. The highest BCUT2D eigenvalue weighted by Crippen LogP contribution is 2.10. The molecule has 0 aliphatic carbocycles. The molecular weight excluding hydrogens is 182 g/mol. The molecule has 1 fully saturated rings. The van der Waals surface area contributed by atoms with Gasteiger partial charge in [0, 0.05) is 18.7 Å². The van der Waals surface area contributed by atoms with Crippen molar-refractivity contribution in [2.45, 2.75) is 18.9 Å². The van der Waals surface area contributed by atoms with Crippen molar-refractivity contribution in [2.75, 3.05) is 13.1 Å². The van der Waals surface area contributed by atoms with Crippen molar-refractivity contribution < 1.29 is 4.74 Å². The Morgan fingerprint density at radius 3 is 3.07 bits per heavy atom. The second-order valence-electron chi connectivity index (χ2n) is 3.35. The van der Waals surface area contributed by atoms with E-state index in [4.69, 9.17) is 4.74 Å². The van der Waals surface area contributed by atoms with Gasteiger partial charge in [-0.3, -0.25) is 4.79 Å². The maximum absolute atomic E-state index is 10.7. The van der Waals surface area contributed by atoms with Crippen LogP contribution in [0, 0.1) is 0 Å². The van der Waals surface area contributed by atoms with Gasteiger partial charge in [-0.2, -0.15) is 0 Å². The zero-order chi connectivity index (χ0) is 9.80. The number of hydrogen-bond acceptors (Lipinski definition) is 4. The van der Waals surface area contributed by atoms with E-state index in [9.17, 15) is 4.79 Å². The second-order valence-corrected chi connectivity index (χ2v) is 3.35. The van der Waals surface area contributed by atoms with Crippen molar-refractivity contribution >= 4 is 0 Å². The molecule has 1 aliphatic heterocycles. The van der Waals surface area contributed by atoms with E-state index in [1.165, 1.54) is 6.07 Å². The Balaban J connectivity index is 1.96. The van der Waals surface area contributed by atoms with E-state index in [2.05, 4.69) is 15.5 Å². The molecule has 1 saturated heterocycles. The first-order chi connectivity index (χ1) is 6.84. The van der Waals surface area contributed by atoms with Gasteiger partial charge in [-0.05, 0) is 19.4 Å². The minimum atomic E-state index is -0.209. The molecule has 0 saturated carbocycles. The Hall–Kier alpha value is -1.36. The summed E-state index contributed by atoms with van der Waals surface area (Å²) in [5.41, 5.74) is -0.209. The first-order valence-corrected chi connectivity index (χ1v) is 4.78. The van der Waals surface area contributed by atoms with Crippen molar-refractivity contribution in [1.82, 2.24) is 15.5 Å². The fraction of sp³-hybridized carbons (Fsp3) is 0.556. The van der Waals surface area contributed by atoms with Crippen molar-refractivity contribution in [1.29, 1.82) is 0 Å². The quantitative estimate of drug-likeness (QED) is 0.691. The predicted octanol–water partition coefficient (Wildman–Crippen LogP) is -0.0993. The Kier molecular flexibility index (Phi) is 2.78. The van der Waals surface area contributed by atoms with Crippen LogP contribution in [0.1, 0.15) is 12.8 Å². The maximum Gasteiger partial charge on any atom is 0.264 e. The van der Waals surface area contributed by atoms with Crippen LogP contribution in [0.2, 0.25) is 0 Å². The summed E-state index contributed by atoms with van der Waals surface area (Å²) >= 11 is 0.